The summed E-state index contributed by atoms with van der Waals surface area (Å²) in [6, 6.07) is 23.0. The van der Waals surface area contributed by atoms with Gasteiger partial charge < -0.3 is 4.90 Å². The van der Waals surface area contributed by atoms with Crippen molar-refractivity contribution < 1.29 is 0 Å². The van der Waals surface area contributed by atoms with E-state index in [1.807, 2.05) is 18.2 Å². The van der Waals surface area contributed by atoms with Crippen molar-refractivity contribution in [2.75, 3.05) is 25.4 Å². The predicted octanol–water partition coefficient (Wildman–Crippen LogP) is 6.42. The van der Waals surface area contributed by atoms with Crippen molar-refractivity contribution in [3.8, 4) is 28.5 Å². The van der Waals surface area contributed by atoms with Crippen LogP contribution in [0.4, 0.5) is 0 Å². The first-order valence-electron chi connectivity index (χ1n) is 10.6. The van der Waals surface area contributed by atoms with Gasteiger partial charge in [-0.15, -0.1) is 11.8 Å². The zero-order chi connectivity index (χ0) is 21.3. The van der Waals surface area contributed by atoms with E-state index in [1.54, 1.807) is 11.8 Å². The average molecular weight is 416 g/mol. The van der Waals surface area contributed by atoms with Crippen molar-refractivity contribution in [2.45, 2.75) is 32.2 Å². The van der Waals surface area contributed by atoms with E-state index in [4.69, 9.17) is 4.98 Å². The first-order chi connectivity index (χ1) is 14.7. The molecule has 4 heteroatoms. The number of pyridine rings is 1. The van der Waals surface area contributed by atoms with Crippen LogP contribution in [0.3, 0.4) is 0 Å². The summed E-state index contributed by atoms with van der Waals surface area (Å²) in [5, 5.41) is 10.8. The summed E-state index contributed by atoms with van der Waals surface area (Å²) in [7, 11) is 0. The second-order valence-corrected chi connectivity index (χ2v) is 8.45. The minimum atomic E-state index is 0.667. The summed E-state index contributed by atoms with van der Waals surface area (Å²) in [4.78, 5) is 7.37. The molecule has 0 fully saturated rings. The molecule has 0 aliphatic heterocycles. The van der Waals surface area contributed by atoms with Crippen LogP contribution in [0, 0.1) is 18.3 Å². The maximum Gasteiger partial charge on any atom is 0.115 e. The first kappa shape index (κ1) is 22.1. The molecule has 3 aromatic rings. The lowest BCUT2D eigenvalue weighted by Crippen LogP contribution is -2.26. The van der Waals surface area contributed by atoms with Gasteiger partial charge in [-0.1, -0.05) is 74.0 Å². The number of hydrogen-bond acceptors (Lipinski definition) is 4. The molecule has 0 N–H and O–H groups in total. The maximum atomic E-state index is 9.98. The molecule has 2 aromatic carbocycles. The van der Waals surface area contributed by atoms with E-state index in [0.29, 0.717) is 5.56 Å². The largest absolute Gasteiger partial charge is 0.303 e. The van der Waals surface area contributed by atoms with E-state index in [9.17, 15) is 5.26 Å². The highest BCUT2D eigenvalue weighted by molar-refractivity contribution is 7.99. The van der Waals surface area contributed by atoms with Crippen LogP contribution in [0.1, 0.15) is 31.4 Å². The highest BCUT2D eigenvalue weighted by Gasteiger charge is 2.16. The van der Waals surface area contributed by atoms with Gasteiger partial charge in [-0.3, -0.25) is 0 Å². The van der Waals surface area contributed by atoms with Gasteiger partial charge in [0.25, 0.3) is 0 Å². The fourth-order valence-electron chi connectivity index (χ4n) is 3.47. The van der Waals surface area contributed by atoms with Crippen LogP contribution in [0.5, 0.6) is 0 Å². The molecule has 1 aromatic heterocycles. The quantitative estimate of drug-likeness (QED) is 0.378. The minimum absolute atomic E-state index is 0.667. The molecule has 0 saturated carbocycles. The number of hydrogen-bond donors (Lipinski definition) is 0. The van der Waals surface area contributed by atoms with E-state index >= 15 is 0 Å². The maximum absolute atomic E-state index is 9.98. The molecule has 0 aliphatic carbocycles. The van der Waals surface area contributed by atoms with E-state index in [1.165, 1.54) is 5.56 Å². The molecule has 3 rings (SSSR count). The molecule has 1 heterocycles. The Labute approximate surface area is 184 Å². The highest BCUT2D eigenvalue weighted by atomic mass is 32.2. The number of rotatable bonds is 9. The summed E-state index contributed by atoms with van der Waals surface area (Å²) in [6.45, 7) is 9.65. The molecule has 154 valence electrons. The van der Waals surface area contributed by atoms with Gasteiger partial charge in [0.15, 0.2) is 0 Å². The third-order valence-electron chi connectivity index (χ3n) is 5.16. The van der Waals surface area contributed by atoms with Gasteiger partial charge in [0.1, 0.15) is 11.1 Å². The van der Waals surface area contributed by atoms with E-state index < -0.39 is 0 Å². The summed E-state index contributed by atoms with van der Waals surface area (Å²) in [6.07, 6.45) is 1.15. The lowest BCUT2D eigenvalue weighted by atomic mass is 9.99. The molecule has 30 heavy (non-hydrogen) atoms. The number of benzene rings is 2. The molecule has 0 bridgehead atoms. The van der Waals surface area contributed by atoms with Gasteiger partial charge >= 0.3 is 0 Å². The molecule has 0 amide bonds. The normalized spacial score (nSPS) is 10.9. The number of aromatic nitrogens is 1. The molecule has 0 spiro atoms. The van der Waals surface area contributed by atoms with Gasteiger partial charge in [0.05, 0.1) is 11.3 Å². The highest BCUT2D eigenvalue weighted by Crippen LogP contribution is 2.34. The van der Waals surface area contributed by atoms with Crippen LogP contribution < -0.4 is 0 Å². The Bertz CT molecular complexity index is 991. The third-order valence-corrected chi connectivity index (χ3v) is 6.12. The standard InChI is InChI=1S/C26H29N3S/c1-4-15-29(5-2)16-17-30-26-24(19-27)23(21-9-7-6-8-10-21)18-25(28-26)22-13-11-20(3)12-14-22/h6-14,18H,4-5,15-17H2,1-3H3. The Balaban J connectivity index is 2.00. The van der Waals surface area contributed by atoms with Gasteiger partial charge in [-0.05, 0) is 38.1 Å². The Morgan fingerprint density at radius 1 is 0.967 bits per heavy atom. The van der Waals surface area contributed by atoms with Crippen LogP contribution in [0.2, 0.25) is 0 Å². The molecule has 0 unspecified atom stereocenters. The Kier molecular flexibility index (Phi) is 8.07. The van der Waals surface area contributed by atoms with Crippen molar-refractivity contribution in [2.24, 2.45) is 0 Å². The minimum Gasteiger partial charge on any atom is -0.303 e. The van der Waals surface area contributed by atoms with Gasteiger partial charge in [-0.2, -0.15) is 5.26 Å². The van der Waals surface area contributed by atoms with Crippen LogP contribution >= 0.6 is 11.8 Å². The number of aryl methyl sites for hydroxylation is 1. The molecule has 0 saturated heterocycles. The second-order valence-electron chi connectivity index (χ2n) is 7.36. The Morgan fingerprint density at radius 2 is 1.70 bits per heavy atom. The third kappa shape index (κ3) is 5.50. The average Bonchev–Trinajstić information content (AvgIpc) is 2.79. The van der Waals surface area contributed by atoms with Crippen molar-refractivity contribution in [3.05, 3.63) is 71.8 Å². The zero-order valence-electron chi connectivity index (χ0n) is 18.1. The lowest BCUT2D eigenvalue weighted by molar-refractivity contribution is 0.307. The number of thioether (sulfide) groups is 1. The van der Waals surface area contributed by atoms with Crippen LogP contribution in [-0.2, 0) is 0 Å². The summed E-state index contributed by atoms with van der Waals surface area (Å²) < 4.78 is 0. The molecule has 0 aliphatic rings. The van der Waals surface area contributed by atoms with E-state index in [2.05, 4.69) is 74.2 Å². The van der Waals surface area contributed by atoms with Crippen molar-refractivity contribution in [1.29, 1.82) is 5.26 Å². The van der Waals surface area contributed by atoms with Crippen molar-refractivity contribution >= 4 is 11.8 Å². The number of nitriles is 1. The SMILES string of the molecule is CCCN(CC)CCSc1nc(-c2ccc(C)cc2)cc(-c2ccccc2)c1C#N. The van der Waals surface area contributed by atoms with Gasteiger partial charge in [0, 0.05) is 23.4 Å². The fraction of sp³-hybridized carbons (Fsp3) is 0.308. The van der Waals surface area contributed by atoms with Crippen LogP contribution in [-0.4, -0.2) is 35.3 Å². The molecule has 3 nitrogen and oxygen atoms in total. The molecule has 0 radical (unpaired) electrons. The van der Waals surface area contributed by atoms with Gasteiger partial charge in [0.2, 0.25) is 0 Å². The van der Waals surface area contributed by atoms with Crippen LogP contribution in [0.15, 0.2) is 65.7 Å². The topological polar surface area (TPSA) is 39.9 Å². The van der Waals surface area contributed by atoms with E-state index in [-0.39, 0.29) is 0 Å². The van der Waals surface area contributed by atoms with Crippen molar-refractivity contribution in [1.82, 2.24) is 9.88 Å². The van der Waals surface area contributed by atoms with Crippen LogP contribution in [0.25, 0.3) is 22.4 Å². The lowest BCUT2D eigenvalue weighted by Gasteiger charge is -2.19. The summed E-state index contributed by atoms with van der Waals surface area (Å²) >= 11 is 1.69. The molecular formula is C26H29N3S. The Hall–Kier alpha value is -2.61. The fourth-order valence-corrected chi connectivity index (χ4v) is 4.47. The Morgan fingerprint density at radius 3 is 2.33 bits per heavy atom. The zero-order valence-corrected chi connectivity index (χ0v) is 18.9. The monoisotopic (exact) mass is 415 g/mol. The summed E-state index contributed by atoms with van der Waals surface area (Å²) in [5.74, 6) is 0.918. The number of nitrogens with zero attached hydrogens (tertiary/aromatic N) is 3. The van der Waals surface area contributed by atoms with Crippen molar-refractivity contribution in [3.63, 3.8) is 0 Å². The van der Waals surface area contributed by atoms with E-state index in [0.717, 1.165) is 59.2 Å². The first-order valence-corrected chi connectivity index (χ1v) is 11.6. The predicted molar refractivity (Wildman–Crippen MR) is 128 cm³/mol. The molecule has 0 atom stereocenters. The molecular weight excluding hydrogens is 386 g/mol. The second kappa shape index (κ2) is 11.0. The summed E-state index contributed by atoms with van der Waals surface area (Å²) in [5.41, 5.74) is 5.88. The smallest absolute Gasteiger partial charge is 0.115 e. The van der Waals surface area contributed by atoms with Gasteiger partial charge in [-0.25, -0.2) is 4.98 Å².